The minimum Gasteiger partial charge on any atom is -0.468 e. The van der Waals surface area contributed by atoms with Crippen LogP contribution in [0.1, 0.15) is 5.69 Å². The van der Waals surface area contributed by atoms with E-state index in [9.17, 15) is 9.18 Å². The van der Waals surface area contributed by atoms with Crippen molar-refractivity contribution in [3.8, 4) is 34.1 Å². The van der Waals surface area contributed by atoms with Gasteiger partial charge in [-0.15, -0.1) is 5.10 Å². The van der Waals surface area contributed by atoms with E-state index in [2.05, 4.69) is 19.9 Å². The molecule has 0 amide bonds. The molecule has 0 bridgehead atoms. The summed E-state index contributed by atoms with van der Waals surface area (Å²) >= 11 is 0. The van der Waals surface area contributed by atoms with Gasteiger partial charge in [-0.2, -0.15) is 4.80 Å². The highest BCUT2D eigenvalue weighted by molar-refractivity contribution is 5.70. The van der Waals surface area contributed by atoms with E-state index in [-0.39, 0.29) is 18.3 Å². The van der Waals surface area contributed by atoms with E-state index < -0.39 is 0 Å². The van der Waals surface area contributed by atoms with Crippen molar-refractivity contribution in [3.05, 3.63) is 72.2 Å². The molecule has 2 heterocycles. The van der Waals surface area contributed by atoms with Gasteiger partial charge in [0.1, 0.15) is 17.3 Å². The average Bonchev–Trinajstić information content (AvgIpc) is 2.72. The summed E-state index contributed by atoms with van der Waals surface area (Å²) < 4.78 is 23.4. The summed E-state index contributed by atoms with van der Waals surface area (Å²) in [5, 5.41) is 7.30. The quantitative estimate of drug-likeness (QED) is 0.481. The summed E-state index contributed by atoms with van der Waals surface area (Å²) in [6.45, 7) is 1.94. The lowest BCUT2D eigenvalue weighted by Crippen LogP contribution is -2.22. The minimum atomic E-state index is -0.375. The first-order chi connectivity index (χ1) is 14.5. The highest BCUT2D eigenvalue weighted by atomic mass is 19.1. The summed E-state index contributed by atoms with van der Waals surface area (Å²) in [5.74, 6) is 1.17. The number of carbonyl (C=O) groups is 1. The highest BCUT2D eigenvalue weighted by Crippen LogP contribution is 2.28. The Kier molecular flexibility index (Phi) is 5.30. The van der Waals surface area contributed by atoms with Crippen LogP contribution in [-0.4, -0.2) is 33.1 Å². The monoisotopic (exact) mass is 406 g/mol. The average molecular weight is 406 g/mol. The molecule has 30 heavy (non-hydrogen) atoms. The Morgan fingerprint density at radius 3 is 2.30 bits per heavy atom. The van der Waals surface area contributed by atoms with Crippen LogP contribution >= 0.6 is 0 Å². The molecule has 0 aliphatic rings. The van der Waals surface area contributed by atoms with Crippen LogP contribution in [0.25, 0.3) is 22.6 Å². The van der Waals surface area contributed by atoms with E-state index >= 15 is 0 Å². The number of benzene rings is 2. The smallest absolute Gasteiger partial charge is 0.329 e. The molecule has 0 saturated carbocycles. The lowest BCUT2D eigenvalue weighted by atomic mass is 10.1. The number of nitrogens with zero attached hydrogens (tertiary/aromatic N) is 3. The maximum atomic E-state index is 13.0. The number of hydrogen-bond acceptors (Lipinski definition) is 5. The number of carbonyl (C=O) groups excluding carboxylic acids is 1. The van der Waals surface area contributed by atoms with E-state index in [1.807, 2.05) is 43.3 Å². The van der Waals surface area contributed by atoms with Crippen molar-refractivity contribution >= 4 is 5.97 Å². The highest BCUT2D eigenvalue weighted by Gasteiger charge is 2.13. The Labute approximate surface area is 172 Å². The number of aromatic amines is 1. The lowest BCUT2D eigenvalue weighted by molar-refractivity contribution is -0.141. The van der Waals surface area contributed by atoms with Crippen LogP contribution in [0.2, 0.25) is 0 Å². The number of aryl methyl sites for hydroxylation is 1. The summed E-state index contributed by atoms with van der Waals surface area (Å²) in [6, 6.07) is 17.2. The van der Waals surface area contributed by atoms with Crippen LogP contribution in [0.5, 0.6) is 11.5 Å². The summed E-state index contributed by atoms with van der Waals surface area (Å²) in [7, 11) is 1.33. The van der Waals surface area contributed by atoms with Gasteiger partial charge in [-0.1, -0.05) is 0 Å². The number of methoxy groups -OCH3 is 1. The molecule has 0 aliphatic heterocycles. The molecule has 0 saturated heterocycles. The molecule has 2 aromatic carbocycles. The van der Waals surface area contributed by atoms with Gasteiger partial charge >= 0.3 is 5.97 Å². The van der Waals surface area contributed by atoms with Crippen LogP contribution in [-0.2, 0) is 16.1 Å². The summed E-state index contributed by atoms with van der Waals surface area (Å²) in [4.78, 5) is 17.3. The van der Waals surface area contributed by atoms with Crippen molar-refractivity contribution in [2.45, 2.75) is 13.5 Å². The third-order valence-corrected chi connectivity index (χ3v) is 4.39. The zero-order valence-electron chi connectivity index (χ0n) is 16.4. The third kappa shape index (κ3) is 4.38. The minimum absolute atomic E-state index is 0.0342. The Hall–Kier alpha value is -3.94. The zero-order chi connectivity index (χ0) is 21.1. The fourth-order valence-electron chi connectivity index (χ4n) is 2.92. The molecule has 0 radical (unpaired) electrons. The van der Waals surface area contributed by atoms with Crippen LogP contribution < -0.4 is 4.74 Å². The standard InChI is InChI=1S/C22H19FN4O3/c1-14-11-16(22-25-27(26-22)13-21(28)29-2)12-20(24-14)15-3-7-18(8-4-15)30-19-9-5-17(23)6-10-19/h3-12H,13H2,1-2H3,(H,25,26). The molecule has 8 heteroatoms. The Bertz CT molecular complexity index is 1150. The molecule has 4 rings (SSSR count). The van der Waals surface area contributed by atoms with E-state index in [1.54, 1.807) is 12.1 Å². The van der Waals surface area contributed by atoms with Gasteiger partial charge in [-0.3, -0.25) is 10.1 Å². The van der Waals surface area contributed by atoms with Gasteiger partial charge in [-0.25, -0.2) is 9.18 Å². The first kappa shape index (κ1) is 19.4. The van der Waals surface area contributed by atoms with Crippen LogP contribution in [0.15, 0.2) is 60.7 Å². The van der Waals surface area contributed by atoms with Crippen molar-refractivity contribution in [2.24, 2.45) is 0 Å². The molecule has 7 nitrogen and oxygen atoms in total. The van der Waals surface area contributed by atoms with Gasteiger partial charge < -0.3 is 9.47 Å². The number of H-pyrrole nitrogens is 1. The zero-order valence-corrected chi connectivity index (χ0v) is 16.4. The van der Waals surface area contributed by atoms with Crippen LogP contribution in [0.3, 0.4) is 0 Å². The molecular formula is C22H19FN4O3. The molecule has 0 aliphatic carbocycles. The Morgan fingerprint density at radius 2 is 1.67 bits per heavy atom. The first-order valence-electron chi connectivity index (χ1n) is 9.23. The number of aromatic nitrogens is 4. The topological polar surface area (TPSA) is 82.0 Å². The number of hydrogen-bond donors (Lipinski definition) is 1. The van der Waals surface area contributed by atoms with E-state index in [0.717, 1.165) is 22.5 Å². The molecule has 2 aromatic heterocycles. The molecule has 4 aromatic rings. The van der Waals surface area contributed by atoms with Gasteiger partial charge in [-0.05, 0) is 67.6 Å². The normalized spacial score (nSPS) is 10.8. The largest absolute Gasteiger partial charge is 0.468 e. The Balaban J connectivity index is 1.51. The van der Waals surface area contributed by atoms with E-state index in [4.69, 9.17) is 4.74 Å². The van der Waals surface area contributed by atoms with Crippen molar-refractivity contribution in [1.29, 1.82) is 0 Å². The second-order valence-electron chi connectivity index (χ2n) is 6.66. The molecule has 0 atom stereocenters. The third-order valence-electron chi connectivity index (χ3n) is 4.39. The fourth-order valence-corrected chi connectivity index (χ4v) is 2.92. The molecule has 0 fully saturated rings. The number of rotatable bonds is 6. The van der Waals surface area contributed by atoms with Crippen molar-refractivity contribution in [2.75, 3.05) is 7.11 Å². The Morgan fingerprint density at radius 1 is 1.03 bits per heavy atom. The van der Waals surface area contributed by atoms with Crippen molar-refractivity contribution in [1.82, 2.24) is 20.0 Å². The maximum absolute atomic E-state index is 13.0. The van der Waals surface area contributed by atoms with Gasteiger partial charge in [0.05, 0.1) is 12.8 Å². The van der Waals surface area contributed by atoms with Gasteiger partial charge in [0, 0.05) is 16.8 Å². The number of nitrogens with one attached hydrogen (secondary N) is 1. The number of ether oxygens (including phenoxy) is 2. The van der Waals surface area contributed by atoms with E-state index in [1.165, 1.54) is 24.0 Å². The van der Waals surface area contributed by atoms with Gasteiger partial charge in [0.2, 0.25) is 0 Å². The van der Waals surface area contributed by atoms with Crippen LogP contribution in [0.4, 0.5) is 4.39 Å². The number of halogens is 1. The first-order valence-corrected chi connectivity index (χ1v) is 9.23. The van der Waals surface area contributed by atoms with E-state index in [0.29, 0.717) is 17.3 Å². The predicted octanol–water partition coefficient (Wildman–Crippen LogP) is 4.35. The van der Waals surface area contributed by atoms with Gasteiger partial charge in [0.25, 0.3) is 0 Å². The molecule has 152 valence electrons. The molecule has 1 N–H and O–H groups in total. The van der Waals surface area contributed by atoms with Crippen molar-refractivity contribution < 1.29 is 18.7 Å². The fraction of sp³-hybridized carbons (Fsp3) is 0.136. The van der Waals surface area contributed by atoms with Crippen LogP contribution in [0, 0.1) is 12.7 Å². The number of esters is 1. The summed E-state index contributed by atoms with van der Waals surface area (Å²) in [6.07, 6.45) is 0. The summed E-state index contributed by atoms with van der Waals surface area (Å²) in [5.41, 5.74) is 3.40. The van der Waals surface area contributed by atoms with Crippen molar-refractivity contribution in [3.63, 3.8) is 0 Å². The van der Waals surface area contributed by atoms with Gasteiger partial charge in [0.15, 0.2) is 12.4 Å². The lowest BCUT2D eigenvalue weighted by Gasteiger charge is -2.14. The SMILES string of the molecule is COC(=O)Cn1nc(-c2cc(C)nc(-c3ccc(Oc4ccc(F)cc4)cc3)c2)[nH]1. The maximum Gasteiger partial charge on any atom is 0.329 e. The second kappa shape index (κ2) is 8.20. The predicted molar refractivity (Wildman–Crippen MR) is 108 cm³/mol. The molecule has 0 spiro atoms. The molecular weight excluding hydrogens is 387 g/mol. The molecule has 0 unspecified atom stereocenters. The second-order valence-corrected chi connectivity index (χ2v) is 6.66. The number of pyridine rings is 1.